The largest absolute Gasteiger partial charge is 0.356 e. The van der Waals surface area contributed by atoms with E-state index < -0.39 is 0 Å². The van der Waals surface area contributed by atoms with Gasteiger partial charge < -0.3 is 5.32 Å². The molecule has 1 aromatic carbocycles. The molecular formula is C13H15N. The molecule has 0 spiro atoms. The van der Waals surface area contributed by atoms with Crippen molar-refractivity contribution in [1.29, 1.82) is 0 Å². The number of nitrogens with one attached hydrogen (secondary N) is 1. The van der Waals surface area contributed by atoms with Crippen LogP contribution < -0.4 is 5.32 Å². The smallest absolute Gasteiger partial charge is 0.0413 e. The number of para-hydroxylation sites is 1. The highest BCUT2D eigenvalue weighted by Gasteiger charge is 1.99. The highest BCUT2D eigenvalue weighted by molar-refractivity contribution is 5.56. The van der Waals surface area contributed by atoms with Crippen molar-refractivity contribution in [3.05, 3.63) is 53.8 Å². The minimum Gasteiger partial charge on any atom is -0.356 e. The van der Waals surface area contributed by atoms with E-state index in [4.69, 9.17) is 0 Å². The van der Waals surface area contributed by atoms with Crippen molar-refractivity contribution >= 4 is 5.69 Å². The number of aryl methyl sites for hydroxylation is 1. The van der Waals surface area contributed by atoms with Gasteiger partial charge in [-0.1, -0.05) is 30.4 Å². The number of hydrogen-bond donors (Lipinski definition) is 1. The van der Waals surface area contributed by atoms with Crippen LogP contribution in [0.25, 0.3) is 0 Å². The fraction of sp³-hybridized carbons (Fsp3) is 0.231. The first-order valence-electron chi connectivity index (χ1n) is 5.05. The van der Waals surface area contributed by atoms with Crippen LogP contribution in [0.3, 0.4) is 0 Å². The van der Waals surface area contributed by atoms with Gasteiger partial charge in [-0.25, -0.2) is 0 Å². The molecule has 1 aliphatic carbocycles. The summed E-state index contributed by atoms with van der Waals surface area (Å²) in [7, 11) is 0. The molecule has 2 rings (SSSR count). The lowest BCUT2D eigenvalue weighted by atomic mass is 10.1. The first-order valence-corrected chi connectivity index (χ1v) is 5.05. The van der Waals surface area contributed by atoms with Crippen molar-refractivity contribution < 1.29 is 0 Å². The maximum atomic E-state index is 3.42. The van der Waals surface area contributed by atoms with Crippen molar-refractivity contribution in [3.63, 3.8) is 0 Å². The average Bonchev–Trinajstić information content (AvgIpc) is 2.23. The zero-order valence-electron chi connectivity index (χ0n) is 8.46. The Morgan fingerprint density at radius 3 is 2.71 bits per heavy atom. The van der Waals surface area contributed by atoms with E-state index in [1.165, 1.54) is 23.4 Å². The van der Waals surface area contributed by atoms with Crippen LogP contribution >= 0.6 is 0 Å². The van der Waals surface area contributed by atoms with Gasteiger partial charge in [0.25, 0.3) is 0 Å². The van der Waals surface area contributed by atoms with Gasteiger partial charge >= 0.3 is 0 Å². The van der Waals surface area contributed by atoms with Crippen LogP contribution in [0.2, 0.25) is 0 Å². The zero-order valence-corrected chi connectivity index (χ0v) is 8.46. The molecule has 14 heavy (non-hydrogen) atoms. The Labute approximate surface area is 85.2 Å². The Hall–Kier alpha value is -1.50. The summed E-state index contributed by atoms with van der Waals surface area (Å²) in [4.78, 5) is 0. The summed E-state index contributed by atoms with van der Waals surface area (Å²) in [6.07, 6.45) is 8.91. The van der Waals surface area contributed by atoms with Crippen molar-refractivity contribution in [2.45, 2.75) is 19.8 Å². The standard InChI is InChI=1S/C13H15N/c1-11-7-5-6-10-13(11)14-12-8-3-2-4-9-12/h3,5-10,14H,2,4H2,1H3. The number of allylic oxidation sites excluding steroid dienone is 3. The van der Waals surface area contributed by atoms with Gasteiger partial charge in [0.1, 0.15) is 0 Å². The first kappa shape index (κ1) is 9.07. The molecule has 1 heteroatoms. The summed E-state index contributed by atoms with van der Waals surface area (Å²) >= 11 is 0. The third kappa shape index (κ3) is 2.05. The summed E-state index contributed by atoms with van der Waals surface area (Å²) in [6, 6.07) is 8.35. The molecule has 72 valence electrons. The van der Waals surface area contributed by atoms with E-state index in [-0.39, 0.29) is 0 Å². The lowest BCUT2D eigenvalue weighted by molar-refractivity contribution is 1.02. The summed E-state index contributed by atoms with van der Waals surface area (Å²) < 4.78 is 0. The Morgan fingerprint density at radius 1 is 1.14 bits per heavy atom. The Balaban J connectivity index is 2.14. The maximum Gasteiger partial charge on any atom is 0.0413 e. The van der Waals surface area contributed by atoms with Crippen LogP contribution in [-0.2, 0) is 0 Å². The highest BCUT2D eigenvalue weighted by Crippen LogP contribution is 2.18. The summed E-state index contributed by atoms with van der Waals surface area (Å²) in [5.41, 5.74) is 3.70. The van der Waals surface area contributed by atoms with Crippen LogP contribution in [0.15, 0.2) is 48.2 Å². The van der Waals surface area contributed by atoms with Crippen molar-refractivity contribution in [3.8, 4) is 0 Å². The molecule has 1 nitrogen and oxygen atoms in total. The van der Waals surface area contributed by atoms with Crippen LogP contribution in [0.1, 0.15) is 18.4 Å². The zero-order chi connectivity index (χ0) is 9.80. The monoisotopic (exact) mass is 185 g/mol. The first-order chi connectivity index (χ1) is 6.86. The van der Waals surface area contributed by atoms with Gasteiger partial charge in [-0.3, -0.25) is 0 Å². The minimum atomic E-state index is 1.14. The van der Waals surface area contributed by atoms with E-state index in [0.29, 0.717) is 0 Å². The SMILES string of the molecule is Cc1ccccc1NC1=CCCC=C1. The minimum absolute atomic E-state index is 1.14. The van der Waals surface area contributed by atoms with Crippen LogP contribution in [0, 0.1) is 6.92 Å². The van der Waals surface area contributed by atoms with Crippen molar-refractivity contribution in [2.24, 2.45) is 0 Å². The van der Waals surface area contributed by atoms with Gasteiger partial charge in [-0.05, 0) is 37.5 Å². The molecule has 0 radical (unpaired) electrons. The van der Waals surface area contributed by atoms with Gasteiger partial charge in [0.15, 0.2) is 0 Å². The molecule has 0 aromatic heterocycles. The molecule has 0 heterocycles. The Bertz CT molecular complexity index is 375. The van der Waals surface area contributed by atoms with Crippen LogP contribution in [0.5, 0.6) is 0 Å². The summed E-state index contributed by atoms with van der Waals surface area (Å²) in [6.45, 7) is 2.12. The average molecular weight is 185 g/mol. The lowest BCUT2D eigenvalue weighted by Crippen LogP contribution is -2.00. The lowest BCUT2D eigenvalue weighted by Gasteiger charge is -2.12. The van der Waals surface area contributed by atoms with Gasteiger partial charge in [-0.2, -0.15) is 0 Å². The van der Waals surface area contributed by atoms with Gasteiger partial charge in [-0.15, -0.1) is 0 Å². The summed E-state index contributed by atoms with van der Waals surface area (Å²) in [5.74, 6) is 0. The van der Waals surface area contributed by atoms with Gasteiger partial charge in [0.05, 0.1) is 0 Å². The van der Waals surface area contributed by atoms with Crippen LogP contribution in [-0.4, -0.2) is 0 Å². The van der Waals surface area contributed by atoms with Crippen LogP contribution in [0.4, 0.5) is 5.69 Å². The molecule has 0 unspecified atom stereocenters. The molecule has 0 amide bonds. The maximum absolute atomic E-state index is 3.42. The molecule has 0 fully saturated rings. The topological polar surface area (TPSA) is 12.0 Å². The number of hydrogen-bond acceptors (Lipinski definition) is 1. The second-order valence-corrected chi connectivity index (χ2v) is 3.58. The highest BCUT2D eigenvalue weighted by atomic mass is 14.9. The van der Waals surface area contributed by atoms with E-state index in [1.807, 2.05) is 0 Å². The van der Waals surface area contributed by atoms with E-state index in [9.17, 15) is 0 Å². The predicted molar refractivity (Wildman–Crippen MR) is 61.3 cm³/mol. The quantitative estimate of drug-likeness (QED) is 0.741. The number of benzene rings is 1. The van der Waals surface area contributed by atoms with Crippen molar-refractivity contribution in [1.82, 2.24) is 0 Å². The molecular weight excluding hydrogens is 170 g/mol. The molecule has 1 aliphatic rings. The van der Waals surface area contributed by atoms with Gasteiger partial charge in [0, 0.05) is 11.4 Å². The normalized spacial score (nSPS) is 15.1. The third-order valence-electron chi connectivity index (χ3n) is 2.42. The van der Waals surface area contributed by atoms with E-state index in [1.54, 1.807) is 0 Å². The second kappa shape index (κ2) is 4.14. The molecule has 0 saturated carbocycles. The van der Waals surface area contributed by atoms with E-state index in [0.717, 1.165) is 6.42 Å². The molecule has 0 bridgehead atoms. The van der Waals surface area contributed by atoms with E-state index in [2.05, 4.69) is 54.7 Å². The predicted octanol–water partition coefficient (Wildman–Crippen LogP) is 3.64. The molecule has 0 aliphatic heterocycles. The Morgan fingerprint density at radius 2 is 2.00 bits per heavy atom. The summed E-state index contributed by atoms with van der Waals surface area (Å²) in [5, 5.41) is 3.42. The van der Waals surface area contributed by atoms with Crippen molar-refractivity contribution in [2.75, 3.05) is 5.32 Å². The second-order valence-electron chi connectivity index (χ2n) is 3.58. The number of rotatable bonds is 2. The molecule has 0 saturated heterocycles. The Kier molecular flexibility index (Phi) is 2.68. The third-order valence-corrected chi connectivity index (χ3v) is 2.42. The van der Waals surface area contributed by atoms with E-state index >= 15 is 0 Å². The fourth-order valence-electron chi connectivity index (χ4n) is 1.57. The molecule has 0 atom stereocenters. The van der Waals surface area contributed by atoms with Gasteiger partial charge in [0.2, 0.25) is 0 Å². The fourth-order valence-corrected chi connectivity index (χ4v) is 1.57. The number of anilines is 1. The molecule has 1 aromatic rings. The molecule has 1 N–H and O–H groups in total.